The summed E-state index contributed by atoms with van der Waals surface area (Å²) in [4.78, 5) is 20.2. The number of aromatic carboxylic acids is 1. The lowest BCUT2D eigenvalue weighted by Crippen LogP contribution is -2.34. The lowest BCUT2D eigenvalue weighted by molar-refractivity contribution is 0.0696. The van der Waals surface area contributed by atoms with Crippen LogP contribution in [0.2, 0.25) is 0 Å². The van der Waals surface area contributed by atoms with Crippen LogP contribution < -0.4 is 4.90 Å². The van der Waals surface area contributed by atoms with Gasteiger partial charge in [-0.05, 0) is 38.6 Å². The van der Waals surface area contributed by atoms with Crippen molar-refractivity contribution >= 4 is 11.8 Å². The summed E-state index contributed by atoms with van der Waals surface area (Å²) >= 11 is 0. The lowest BCUT2D eigenvalue weighted by Gasteiger charge is -2.23. The minimum atomic E-state index is -0.889. The number of hydrogen-bond donors (Lipinski definition) is 1. The van der Waals surface area contributed by atoms with Gasteiger partial charge in [0.05, 0.1) is 5.56 Å². The fourth-order valence-electron chi connectivity index (χ4n) is 2.85. The standard InChI is InChI=1S/C15H23N3O2/c1-5-12-6-11(15(19)20)7-14(16-12)18-8-10(2)13(9-18)17(3)4/h6-7,10,13H,5,8-9H2,1-4H3,(H,19,20). The number of carboxylic acids is 1. The summed E-state index contributed by atoms with van der Waals surface area (Å²) in [5, 5.41) is 9.21. The van der Waals surface area contributed by atoms with E-state index in [4.69, 9.17) is 0 Å². The Bertz CT molecular complexity index is 502. The molecule has 1 aliphatic heterocycles. The Hall–Kier alpha value is -1.62. The third-order valence-corrected chi connectivity index (χ3v) is 4.03. The summed E-state index contributed by atoms with van der Waals surface area (Å²) < 4.78 is 0. The van der Waals surface area contributed by atoms with Crippen molar-refractivity contribution in [2.24, 2.45) is 5.92 Å². The SMILES string of the molecule is CCc1cc(C(=O)O)cc(N2CC(C)C(N(C)C)C2)n1. The molecule has 1 aromatic heterocycles. The van der Waals surface area contributed by atoms with Crippen molar-refractivity contribution < 1.29 is 9.90 Å². The zero-order valence-electron chi connectivity index (χ0n) is 12.6. The second-order valence-electron chi connectivity index (χ2n) is 5.78. The monoisotopic (exact) mass is 277 g/mol. The van der Waals surface area contributed by atoms with Crippen LogP contribution in [-0.2, 0) is 6.42 Å². The number of carboxylic acid groups (broad SMARTS) is 1. The fourth-order valence-corrected chi connectivity index (χ4v) is 2.85. The summed E-state index contributed by atoms with van der Waals surface area (Å²) in [5.74, 6) is 0.447. The fraction of sp³-hybridized carbons (Fsp3) is 0.600. The van der Waals surface area contributed by atoms with Gasteiger partial charge in [-0.1, -0.05) is 13.8 Å². The van der Waals surface area contributed by atoms with E-state index in [1.165, 1.54) is 0 Å². The molecule has 1 aromatic rings. The van der Waals surface area contributed by atoms with Gasteiger partial charge in [-0.3, -0.25) is 0 Å². The number of pyridine rings is 1. The zero-order valence-corrected chi connectivity index (χ0v) is 12.6. The van der Waals surface area contributed by atoms with Gasteiger partial charge in [0.1, 0.15) is 5.82 Å². The first kappa shape index (κ1) is 14.8. The van der Waals surface area contributed by atoms with Gasteiger partial charge in [0.25, 0.3) is 0 Å². The molecule has 5 nitrogen and oxygen atoms in total. The molecule has 0 aromatic carbocycles. The second-order valence-corrected chi connectivity index (χ2v) is 5.78. The van der Waals surface area contributed by atoms with Crippen molar-refractivity contribution in [2.75, 3.05) is 32.1 Å². The molecular formula is C15H23N3O2. The van der Waals surface area contributed by atoms with E-state index in [0.29, 0.717) is 17.5 Å². The number of carbonyl (C=O) groups is 1. The number of likely N-dealkylation sites (N-methyl/N-ethyl adjacent to an activating group) is 1. The highest BCUT2D eigenvalue weighted by molar-refractivity contribution is 5.88. The van der Waals surface area contributed by atoms with Gasteiger partial charge in [-0.2, -0.15) is 0 Å². The molecule has 0 bridgehead atoms. The third-order valence-electron chi connectivity index (χ3n) is 4.03. The molecule has 0 aliphatic carbocycles. The molecule has 20 heavy (non-hydrogen) atoms. The van der Waals surface area contributed by atoms with E-state index in [1.54, 1.807) is 12.1 Å². The largest absolute Gasteiger partial charge is 0.478 e. The van der Waals surface area contributed by atoms with Gasteiger partial charge in [-0.25, -0.2) is 9.78 Å². The van der Waals surface area contributed by atoms with E-state index in [9.17, 15) is 9.90 Å². The minimum absolute atomic E-state index is 0.327. The van der Waals surface area contributed by atoms with Gasteiger partial charge in [0, 0.05) is 24.8 Å². The van der Waals surface area contributed by atoms with Gasteiger partial charge in [0.15, 0.2) is 0 Å². The average Bonchev–Trinajstić information content (AvgIpc) is 2.80. The number of rotatable bonds is 4. The summed E-state index contributed by atoms with van der Waals surface area (Å²) in [6.45, 7) is 6.04. The van der Waals surface area contributed by atoms with Crippen molar-refractivity contribution in [3.8, 4) is 0 Å². The average molecular weight is 277 g/mol. The van der Waals surface area contributed by atoms with E-state index in [-0.39, 0.29) is 0 Å². The molecule has 1 saturated heterocycles. The zero-order chi connectivity index (χ0) is 14.9. The summed E-state index contributed by atoms with van der Waals surface area (Å²) in [6.07, 6.45) is 0.745. The molecule has 1 N–H and O–H groups in total. The molecule has 2 heterocycles. The molecule has 0 saturated carbocycles. The Kier molecular flexibility index (Phi) is 4.28. The summed E-state index contributed by atoms with van der Waals surface area (Å²) in [6, 6.07) is 3.83. The summed E-state index contributed by atoms with van der Waals surface area (Å²) in [5.41, 5.74) is 1.16. The normalized spacial score (nSPS) is 22.6. The highest BCUT2D eigenvalue weighted by atomic mass is 16.4. The van der Waals surface area contributed by atoms with Crippen LogP contribution in [-0.4, -0.2) is 54.2 Å². The molecule has 1 aliphatic rings. The molecule has 5 heteroatoms. The number of nitrogens with zero attached hydrogens (tertiary/aromatic N) is 3. The Morgan fingerprint density at radius 2 is 2.15 bits per heavy atom. The molecular weight excluding hydrogens is 254 g/mol. The van der Waals surface area contributed by atoms with Crippen LogP contribution >= 0.6 is 0 Å². The first-order valence-electron chi connectivity index (χ1n) is 7.08. The van der Waals surface area contributed by atoms with Crippen molar-refractivity contribution in [3.63, 3.8) is 0 Å². The van der Waals surface area contributed by atoms with Crippen LogP contribution in [0.3, 0.4) is 0 Å². The van der Waals surface area contributed by atoms with E-state index in [0.717, 1.165) is 31.0 Å². The predicted octanol–water partition coefficient (Wildman–Crippen LogP) is 1.73. The maximum absolute atomic E-state index is 11.2. The molecule has 110 valence electrons. The number of aryl methyl sites for hydroxylation is 1. The van der Waals surface area contributed by atoms with Crippen LogP contribution in [0.5, 0.6) is 0 Å². The maximum atomic E-state index is 11.2. The molecule has 0 spiro atoms. The van der Waals surface area contributed by atoms with Crippen molar-refractivity contribution in [2.45, 2.75) is 26.3 Å². The molecule has 2 atom stereocenters. The Balaban J connectivity index is 2.29. The molecule has 2 unspecified atom stereocenters. The van der Waals surface area contributed by atoms with Crippen molar-refractivity contribution in [3.05, 3.63) is 23.4 Å². The molecule has 2 rings (SSSR count). The van der Waals surface area contributed by atoms with Crippen LogP contribution in [0.25, 0.3) is 0 Å². The minimum Gasteiger partial charge on any atom is -0.478 e. The lowest BCUT2D eigenvalue weighted by atomic mass is 10.1. The van der Waals surface area contributed by atoms with E-state index in [1.807, 2.05) is 6.92 Å². The van der Waals surface area contributed by atoms with Gasteiger partial charge < -0.3 is 14.9 Å². The summed E-state index contributed by atoms with van der Waals surface area (Å²) in [7, 11) is 4.17. The quantitative estimate of drug-likeness (QED) is 0.908. The van der Waals surface area contributed by atoms with Crippen LogP contribution in [0.4, 0.5) is 5.82 Å². The van der Waals surface area contributed by atoms with Crippen LogP contribution in [0.1, 0.15) is 29.9 Å². The number of hydrogen-bond acceptors (Lipinski definition) is 4. The maximum Gasteiger partial charge on any atom is 0.335 e. The van der Waals surface area contributed by atoms with Gasteiger partial charge >= 0.3 is 5.97 Å². The Morgan fingerprint density at radius 1 is 1.45 bits per heavy atom. The molecule has 0 amide bonds. The smallest absolute Gasteiger partial charge is 0.335 e. The number of aromatic nitrogens is 1. The molecule has 0 radical (unpaired) electrons. The first-order valence-corrected chi connectivity index (χ1v) is 7.08. The highest BCUT2D eigenvalue weighted by Crippen LogP contribution is 2.26. The predicted molar refractivity (Wildman–Crippen MR) is 79.4 cm³/mol. The van der Waals surface area contributed by atoms with Crippen molar-refractivity contribution in [1.29, 1.82) is 0 Å². The third kappa shape index (κ3) is 2.93. The first-order chi connectivity index (χ1) is 9.42. The van der Waals surface area contributed by atoms with Gasteiger partial charge in [-0.15, -0.1) is 0 Å². The van der Waals surface area contributed by atoms with Crippen LogP contribution in [0, 0.1) is 5.92 Å². The number of anilines is 1. The Labute approximate surface area is 120 Å². The van der Waals surface area contributed by atoms with Crippen LogP contribution in [0.15, 0.2) is 12.1 Å². The second kappa shape index (κ2) is 5.79. The topological polar surface area (TPSA) is 56.7 Å². The van der Waals surface area contributed by atoms with E-state index >= 15 is 0 Å². The van der Waals surface area contributed by atoms with E-state index < -0.39 is 5.97 Å². The van der Waals surface area contributed by atoms with E-state index in [2.05, 4.69) is 35.8 Å². The Morgan fingerprint density at radius 3 is 2.65 bits per heavy atom. The van der Waals surface area contributed by atoms with Gasteiger partial charge in [0.2, 0.25) is 0 Å². The highest BCUT2D eigenvalue weighted by Gasteiger charge is 2.32. The molecule has 1 fully saturated rings. The van der Waals surface area contributed by atoms with Crippen molar-refractivity contribution in [1.82, 2.24) is 9.88 Å².